The molecule has 6 nitrogen and oxygen atoms in total. The lowest BCUT2D eigenvalue weighted by molar-refractivity contribution is -0.142. The van der Waals surface area contributed by atoms with E-state index in [-0.39, 0.29) is 17.6 Å². The number of hydrogen-bond acceptors (Lipinski definition) is 5. The number of rotatable bonds is 8. The summed E-state index contributed by atoms with van der Waals surface area (Å²) in [4.78, 5) is 25.9. The van der Waals surface area contributed by atoms with Gasteiger partial charge in [0.1, 0.15) is 11.6 Å². The predicted molar refractivity (Wildman–Crippen MR) is 98.2 cm³/mol. The molecular formula is C19H36N2O4. The Morgan fingerprint density at radius 3 is 2.56 bits per heavy atom. The minimum atomic E-state index is -0.595. The van der Waals surface area contributed by atoms with E-state index in [1.54, 1.807) is 0 Å². The second-order valence-corrected chi connectivity index (χ2v) is 8.43. The maximum absolute atomic E-state index is 12.7. The van der Waals surface area contributed by atoms with Gasteiger partial charge in [0.05, 0.1) is 7.11 Å². The molecule has 6 heteroatoms. The molecule has 2 N–H and O–H groups in total. The first kappa shape index (κ1) is 21.7. The SMILES string of the molecule is CCCCC(C)(C)OC(=O)N1C[C@@H](CCC(N)C(=O)OC)CC1(C)C. The van der Waals surface area contributed by atoms with Crippen LogP contribution in [0.1, 0.15) is 73.1 Å². The zero-order valence-electron chi connectivity index (χ0n) is 16.8. The molecule has 146 valence electrons. The van der Waals surface area contributed by atoms with Gasteiger partial charge < -0.3 is 20.1 Å². The number of nitrogens with zero attached hydrogens (tertiary/aromatic N) is 1. The van der Waals surface area contributed by atoms with Crippen LogP contribution < -0.4 is 5.73 Å². The molecular weight excluding hydrogens is 320 g/mol. The fraction of sp³-hybridized carbons (Fsp3) is 0.895. The maximum Gasteiger partial charge on any atom is 0.410 e. The van der Waals surface area contributed by atoms with E-state index in [0.29, 0.717) is 18.9 Å². The van der Waals surface area contributed by atoms with E-state index < -0.39 is 11.6 Å². The van der Waals surface area contributed by atoms with Crippen molar-refractivity contribution in [2.45, 2.75) is 90.3 Å². The molecule has 1 rings (SSSR count). The molecule has 0 saturated carbocycles. The van der Waals surface area contributed by atoms with Crippen molar-refractivity contribution in [3.63, 3.8) is 0 Å². The third kappa shape index (κ3) is 6.49. The van der Waals surface area contributed by atoms with Gasteiger partial charge in [0.25, 0.3) is 0 Å². The van der Waals surface area contributed by atoms with E-state index in [4.69, 9.17) is 10.5 Å². The Labute approximate surface area is 152 Å². The van der Waals surface area contributed by atoms with Crippen LogP contribution >= 0.6 is 0 Å². The van der Waals surface area contributed by atoms with Gasteiger partial charge in [-0.1, -0.05) is 13.3 Å². The summed E-state index contributed by atoms with van der Waals surface area (Å²) in [6.45, 7) is 10.8. The van der Waals surface area contributed by atoms with Crippen molar-refractivity contribution in [3.05, 3.63) is 0 Å². The van der Waals surface area contributed by atoms with Gasteiger partial charge in [-0.25, -0.2) is 4.79 Å². The average molecular weight is 357 g/mol. The van der Waals surface area contributed by atoms with Gasteiger partial charge in [-0.3, -0.25) is 4.79 Å². The van der Waals surface area contributed by atoms with Crippen LogP contribution in [0.3, 0.4) is 0 Å². The largest absolute Gasteiger partial charge is 0.468 e. The Bertz CT molecular complexity index is 462. The topological polar surface area (TPSA) is 81.9 Å². The van der Waals surface area contributed by atoms with Gasteiger partial charge in [-0.2, -0.15) is 0 Å². The number of nitrogens with two attached hydrogens (primary N) is 1. The summed E-state index contributed by atoms with van der Waals surface area (Å²) in [5.41, 5.74) is 5.12. The summed E-state index contributed by atoms with van der Waals surface area (Å²) in [5.74, 6) is -0.0665. The molecule has 0 aromatic rings. The normalized spacial score (nSPS) is 21.1. The fourth-order valence-corrected chi connectivity index (χ4v) is 3.53. The van der Waals surface area contributed by atoms with Gasteiger partial charge in [-0.15, -0.1) is 0 Å². The van der Waals surface area contributed by atoms with E-state index in [2.05, 4.69) is 25.5 Å². The lowest BCUT2D eigenvalue weighted by atomic mass is 9.92. The number of ether oxygens (including phenoxy) is 2. The van der Waals surface area contributed by atoms with E-state index in [1.807, 2.05) is 18.7 Å². The first-order chi connectivity index (χ1) is 11.5. The van der Waals surface area contributed by atoms with Crippen LogP contribution in [0.2, 0.25) is 0 Å². The van der Waals surface area contributed by atoms with Crippen molar-refractivity contribution in [2.24, 2.45) is 11.7 Å². The molecule has 1 aliphatic rings. The van der Waals surface area contributed by atoms with Crippen LogP contribution in [0, 0.1) is 5.92 Å². The Hall–Kier alpha value is -1.30. The molecule has 1 fully saturated rings. The number of likely N-dealkylation sites (tertiary alicyclic amines) is 1. The Morgan fingerprint density at radius 2 is 2.00 bits per heavy atom. The van der Waals surface area contributed by atoms with Crippen LogP contribution in [0.5, 0.6) is 0 Å². The third-order valence-corrected chi connectivity index (χ3v) is 5.07. The first-order valence-corrected chi connectivity index (χ1v) is 9.36. The van der Waals surface area contributed by atoms with Crippen molar-refractivity contribution >= 4 is 12.1 Å². The fourth-order valence-electron chi connectivity index (χ4n) is 3.53. The smallest absolute Gasteiger partial charge is 0.410 e. The Balaban J connectivity index is 2.60. The van der Waals surface area contributed by atoms with Crippen molar-refractivity contribution in [1.82, 2.24) is 4.90 Å². The molecule has 0 spiro atoms. The van der Waals surface area contributed by atoms with Crippen molar-refractivity contribution < 1.29 is 19.1 Å². The van der Waals surface area contributed by atoms with Gasteiger partial charge in [0.2, 0.25) is 0 Å². The summed E-state index contributed by atoms with van der Waals surface area (Å²) in [7, 11) is 1.35. The number of esters is 1. The molecule has 1 saturated heterocycles. The Morgan fingerprint density at radius 1 is 1.36 bits per heavy atom. The number of methoxy groups -OCH3 is 1. The lowest BCUT2D eigenvalue weighted by Crippen LogP contribution is -2.45. The van der Waals surface area contributed by atoms with E-state index >= 15 is 0 Å². The van der Waals surface area contributed by atoms with Gasteiger partial charge >= 0.3 is 12.1 Å². The number of hydrogen-bond donors (Lipinski definition) is 1. The highest BCUT2D eigenvalue weighted by Crippen LogP contribution is 2.36. The number of carbonyl (C=O) groups excluding carboxylic acids is 2. The number of unbranched alkanes of at least 4 members (excludes halogenated alkanes) is 1. The van der Waals surface area contributed by atoms with E-state index in [1.165, 1.54) is 7.11 Å². The standard InChI is InChI=1S/C19H36N2O4/c1-7-8-11-19(4,5)25-17(23)21-13-14(12-18(21,2)3)9-10-15(20)16(22)24-6/h14-15H,7-13,20H2,1-6H3/t14-,15?/m0/s1. The summed E-state index contributed by atoms with van der Waals surface area (Å²) in [6, 6.07) is -0.595. The molecule has 0 aromatic carbocycles. The molecule has 0 radical (unpaired) electrons. The van der Waals surface area contributed by atoms with Gasteiger partial charge in [0.15, 0.2) is 0 Å². The Kier molecular flexibility index (Phi) is 7.72. The highest BCUT2D eigenvalue weighted by atomic mass is 16.6. The quantitative estimate of drug-likeness (QED) is 0.673. The highest BCUT2D eigenvalue weighted by Gasteiger charge is 2.43. The summed E-state index contributed by atoms with van der Waals surface area (Å²) >= 11 is 0. The highest BCUT2D eigenvalue weighted by molar-refractivity contribution is 5.75. The minimum absolute atomic E-state index is 0.245. The second kappa shape index (κ2) is 8.88. The molecule has 0 aromatic heterocycles. The molecule has 0 aliphatic carbocycles. The zero-order valence-corrected chi connectivity index (χ0v) is 16.8. The minimum Gasteiger partial charge on any atom is -0.468 e. The van der Waals surface area contributed by atoms with E-state index in [9.17, 15) is 9.59 Å². The van der Waals surface area contributed by atoms with Crippen LogP contribution in [0.4, 0.5) is 4.79 Å². The van der Waals surface area contributed by atoms with Crippen molar-refractivity contribution in [2.75, 3.05) is 13.7 Å². The number of carbonyl (C=O) groups is 2. The number of amides is 1. The van der Waals surface area contributed by atoms with Crippen LogP contribution in [0.15, 0.2) is 0 Å². The molecule has 1 heterocycles. The average Bonchev–Trinajstić information content (AvgIpc) is 2.84. The van der Waals surface area contributed by atoms with Gasteiger partial charge in [-0.05, 0) is 65.7 Å². The summed E-state index contributed by atoms with van der Waals surface area (Å²) < 4.78 is 10.4. The first-order valence-electron chi connectivity index (χ1n) is 9.36. The van der Waals surface area contributed by atoms with Crippen LogP contribution in [0.25, 0.3) is 0 Å². The van der Waals surface area contributed by atoms with E-state index in [0.717, 1.165) is 32.1 Å². The molecule has 2 atom stereocenters. The van der Waals surface area contributed by atoms with Crippen molar-refractivity contribution in [1.29, 1.82) is 0 Å². The predicted octanol–water partition coefficient (Wildman–Crippen LogP) is 3.47. The molecule has 1 aliphatic heterocycles. The van der Waals surface area contributed by atoms with Gasteiger partial charge in [0, 0.05) is 12.1 Å². The molecule has 25 heavy (non-hydrogen) atoms. The molecule has 0 bridgehead atoms. The molecule has 1 unspecified atom stereocenters. The second-order valence-electron chi connectivity index (χ2n) is 8.43. The monoisotopic (exact) mass is 356 g/mol. The lowest BCUT2D eigenvalue weighted by Gasteiger charge is -2.34. The van der Waals surface area contributed by atoms with Crippen molar-refractivity contribution in [3.8, 4) is 0 Å². The molecule has 1 amide bonds. The van der Waals surface area contributed by atoms with Crippen LogP contribution in [-0.4, -0.2) is 47.8 Å². The summed E-state index contributed by atoms with van der Waals surface area (Å²) in [6.07, 6.45) is 4.98. The third-order valence-electron chi connectivity index (χ3n) is 5.07. The maximum atomic E-state index is 12.7. The summed E-state index contributed by atoms with van der Waals surface area (Å²) in [5, 5.41) is 0. The zero-order chi connectivity index (χ0) is 19.3. The van der Waals surface area contributed by atoms with Crippen LogP contribution in [-0.2, 0) is 14.3 Å².